The van der Waals surface area contributed by atoms with Gasteiger partial charge in [-0.05, 0) is 0 Å². The summed E-state index contributed by atoms with van der Waals surface area (Å²) in [6.07, 6.45) is 4.20. The summed E-state index contributed by atoms with van der Waals surface area (Å²) in [4.78, 5) is 0. The molecular formula is C21H24CoN2. The molecule has 0 unspecified atom stereocenters. The molecule has 2 nitrogen and oxygen atoms in total. The molecule has 0 spiro atoms. The summed E-state index contributed by atoms with van der Waals surface area (Å²) in [5, 5.41) is 0. The second-order valence-corrected chi connectivity index (χ2v) is 7.25. The van der Waals surface area contributed by atoms with Crippen LogP contribution in [-0.2, 0) is 15.3 Å². The predicted octanol–water partition coefficient (Wildman–Crippen LogP) is 5.20. The maximum absolute atomic E-state index is 4.91. The van der Waals surface area contributed by atoms with Crippen LogP contribution in [0, 0.1) is 45.9 Å². The minimum atomic E-state index is 0.910. The standard InChI is InChI=1S/C21H24N2.Co/c1-14-9-16(3)20(17(4)10-14)22-7-8-23(13-22)21-18(5)11-15(2)12-19(21)6;/h7-12H,1-6H3;. The molecule has 24 heavy (non-hydrogen) atoms. The third kappa shape index (κ3) is 2.83. The van der Waals surface area contributed by atoms with Gasteiger partial charge in [-0.25, -0.2) is 0 Å². The Morgan fingerprint density at radius 2 is 0.875 bits per heavy atom. The summed E-state index contributed by atoms with van der Waals surface area (Å²) in [5.74, 6) is 0. The molecule has 2 aromatic carbocycles. The van der Waals surface area contributed by atoms with Gasteiger partial charge in [-0.15, -0.1) is 0 Å². The zero-order valence-corrected chi connectivity index (χ0v) is 16.2. The number of imidazole rings is 1. The van der Waals surface area contributed by atoms with Crippen LogP contribution in [-0.4, -0.2) is 9.13 Å². The van der Waals surface area contributed by atoms with E-state index in [1.807, 2.05) is 0 Å². The van der Waals surface area contributed by atoms with E-state index >= 15 is 0 Å². The van der Waals surface area contributed by atoms with E-state index in [0.29, 0.717) is 0 Å². The van der Waals surface area contributed by atoms with Crippen LogP contribution in [0.25, 0.3) is 11.4 Å². The van der Waals surface area contributed by atoms with Crippen LogP contribution < -0.4 is 0 Å². The molecule has 127 valence electrons. The van der Waals surface area contributed by atoms with Gasteiger partial charge in [0, 0.05) is 0 Å². The van der Waals surface area contributed by atoms with E-state index in [1.54, 1.807) is 0 Å². The van der Waals surface area contributed by atoms with Crippen molar-refractivity contribution in [3.05, 3.63) is 74.4 Å². The number of aromatic nitrogens is 2. The van der Waals surface area contributed by atoms with Crippen molar-refractivity contribution >= 4 is 0 Å². The summed E-state index contributed by atoms with van der Waals surface area (Å²) in [7, 11) is 0. The molecule has 0 amide bonds. The fourth-order valence-electron chi connectivity index (χ4n) is 3.79. The molecule has 0 N–H and O–H groups in total. The third-order valence-electron chi connectivity index (χ3n) is 4.49. The van der Waals surface area contributed by atoms with Crippen LogP contribution in [0.1, 0.15) is 33.4 Å². The molecule has 0 bridgehead atoms. The first-order valence-electron chi connectivity index (χ1n) is 8.22. The fourth-order valence-corrected chi connectivity index (χ4v) is 4.18. The Labute approximate surface area is 151 Å². The molecule has 1 aromatic heterocycles. The average Bonchev–Trinajstić information content (AvgIpc) is 2.79. The Morgan fingerprint density at radius 1 is 0.583 bits per heavy atom. The second-order valence-electron chi connectivity index (χ2n) is 6.78. The monoisotopic (exact) mass is 363 g/mol. The number of nitrogens with zero attached hydrogens (tertiary/aromatic N) is 2. The maximum atomic E-state index is 4.91. The molecule has 0 aliphatic rings. The van der Waals surface area contributed by atoms with Crippen LogP contribution in [0.2, 0.25) is 0 Å². The molecule has 0 aliphatic carbocycles. The predicted molar refractivity (Wildman–Crippen MR) is 96.8 cm³/mol. The quantitative estimate of drug-likeness (QED) is 0.592. The van der Waals surface area contributed by atoms with Crippen LogP contribution in [0.3, 0.4) is 0 Å². The molecule has 0 fully saturated rings. The average molecular weight is 363 g/mol. The Bertz CT molecular complexity index is 865. The minimum absolute atomic E-state index is 0.910. The van der Waals surface area contributed by atoms with E-state index in [0.717, 1.165) is 4.36 Å². The normalized spacial score (nSPS) is 11.1. The van der Waals surface area contributed by atoms with E-state index in [4.69, 9.17) is 15.3 Å². The van der Waals surface area contributed by atoms with Gasteiger partial charge in [0.15, 0.2) is 0 Å². The molecule has 3 aromatic rings. The molecule has 1 heterocycles. The van der Waals surface area contributed by atoms with Crippen molar-refractivity contribution in [2.45, 2.75) is 41.5 Å². The van der Waals surface area contributed by atoms with E-state index in [-0.39, 0.29) is 0 Å². The van der Waals surface area contributed by atoms with Crippen LogP contribution in [0.15, 0.2) is 36.7 Å². The molecule has 0 aliphatic heterocycles. The summed E-state index contributed by atoms with van der Waals surface area (Å²) < 4.78 is 5.25. The van der Waals surface area contributed by atoms with Gasteiger partial charge >= 0.3 is 152 Å². The van der Waals surface area contributed by atoms with Crippen LogP contribution in [0.5, 0.6) is 0 Å². The van der Waals surface area contributed by atoms with Gasteiger partial charge in [0.05, 0.1) is 0 Å². The first kappa shape index (κ1) is 17.0. The molecule has 3 rings (SSSR count). The van der Waals surface area contributed by atoms with Gasteiger partial charge in [-0.1, -0.05) is 0 Å². The van der Waals surface area contributed by atoms with Crippen molar-refractivity contribution in [2.75, 3.05) is 0 Å². The Kier molecular flexibility index (Phi) is 4.41. The molecular weight excluding hydrogens is 339 g/mol. The number of rotatable bonds is 2. The third-order valence-corrected chi connectivity index (χ3v) is 5.00. The molecule has 0 saturated heterocycles. The van der Waals surface area contributed by atoms with E-state index in [2.05, 4.69) is 87.3 Å². The number of hydrogen-bond acceptors (Lipinski definition) is 0. The van der Waals surface area contributed by atoms with E-state index < -0.39 is 0 Å². The van der Waals surface area contributed by atoms with Gasteiger partial charge < -0.3 is 0 Å². The molecule has 0 radical (unpaired) electrons. The first-order chi connectivity index (χ1) is 11.3. The topological polar surface area (TPSA) is 9.86 Å². The molecule has 0 saturated carbocycles. The van der Waals surface area contributed by atoms with Gasteiger partial charge in [-0.2, -0.15) is 0 Å². The SMILES string of the molecule is Cc1cc(C)c(-n2ccn(-c3c(C)cc(C)cc3C)[c]2=[Co])c(C)c1. The van der Waals surface area contributed by atoms with E-state index in [9.17, 15) is 0 Å². The summed E-state index contributed by atoms with van der Waals surface area (Å²) >= 11 is 4.91. The zero-order chi connectivity index (χ0) is 17.6. The van der Waals surface area contributed by atoms with Crippen molar-refractivity contribution in [1.29, 1.82) is 0 Å². The van der Waals surface area contributed by atoms with Crippen LogP contribution >= 0.6 is 0 Å². The van der Waals surface area contributed by atoms with Gasteiger partial charge in [-0.3, -0.25) is 0 Å². The summed E-state index contributed by atoms with van der Waals surface area (Å²) in [5.41, 5.74) is 10.1. The van der Waals surface area contributed by atoms with Gasteiger partial charge in [0.1, 0.15) is 0 Å². The summed E-state index contributed by atoms with van der Waals surface area (Å²) in [6.45, 7) is 12.9. The molecule has 0 atom stereocenters. The summed E-state index contributed by atoms with van der Waals surface area (Å²) in [6, 6.07) is 8.89. The zero-order valence-electron chi connectivity index (χ0n) is 15.2. The Morgan fingerprint density at radius 3 is 1.17 bits per heavy atom. The number of benzene rings is 2. The first-order valence-corrected chi connectivity index (χ1v) is 8.74. The number of aryl methyl sites for hydroxylation is 6. The van der Waals surface area contributed by atoms with E-state index in [1.165, 1.54) is 44.8 Å². The number of hydrogen-bond donors (Lipinski definition) is 0. The molecule has 3 heteroatoms. The fraction of sp³-hybridized carbons (Fsp3) is 0.286. The van der Waals surface area contributed by atoms with Gasteiger partial charge in [0.25, 0.3) is 0 Å². The Hall–Kier alpha value is -1.84. The van der Waals surface area contributed by atoms with Crippen molar-refractivity contribution in [3.8, 4) is 11.4 Å². The van der Waals surface area contributed by atoms with Crippen molar-refractivity contribution in [1.82, 2.24) is 9.13 Å². The van der Waals surface area contributed by atoms with Crippen molar-refractivity contribution < 1.29 is 15.3 Å². The van der Waals surface area contributed by atoms with Crippen molar-refractivity contribution in [3.63, 3.8) is 0 Å². The van der Waals surface area contributed by atoms with Gasteiger partial charge in [0.2, 0.25) is 0 Å². The van der Waals surface area contributed by atoms with Crippen LogP contribution in [0.4, 0.5) is 0 Å². The Balaban J connectivity index is 2.24. The second kappa shape index (κ2) is 6.23. The van der Waals surface area contributed by atoms with Crippen molar-refractivity contribution in [2.24, 2.45) is 0 Å².